The second kappa shape index (κ2) is 7.72. The van der Waals surface area contributed by atoms with E-state index >= 15 is 0 Å². The molecule has 2 heterocycles. The van der Waals surface area contributed by atoms with Gasteiger partial charge in [-0.1, -0.05) is 29.8 Å². The zero-order valence-corrected chi connectivity index (χ0v) is 16.1. The van der Waals surface area contributed by atoms with E-state index in [1.807, 2.05) is 29.2 Å². The third-order valence-corrected chi connectivity index (χ3v) is 6.13. The number of rotatable bonds is 3. The van der Waals surface area contributed by atoms with Gasteiger partial charge in [-0.25, -0.2) is 0 Å². The van der Waals surface area contributed by atoms with Crippen LogP contribution in [0.2, 0.25) is 5.02 Å². The van der Waals surface area contributed by atoms with Crippen molar-refractivity contribution in [2.45, 2.75) is 6.42 Å². The van der Waals surface area contributed by atoms with Gasteiger partial charge in [-0.3, -0.25) is 14.5 Å². The number of likely N-dealkylation sites (N-methyl/N-ethyl adjacent to an activating group) is 1. The Morgan fingerprint density at radius 1 is 1.16 bits per heavy atom. The minimum atomic E-state index is -0.00742. The fourth-order valence-corrected chi connectivity index (χ4v) is 4.44. The summed E-state index contributed by atoms with van der Waals surface area (Å²) in [4.78, 5) is 31.0. The van der Waals surface area contributed by atoms with Crippen molar-refractivity contribution in [3.8, 4) is 0 Å². The molecule has 134 valence electrons. The SMILES string of the molecule is CN(C)C(=O)CN1CCCN(C(=O)c2sc3ccccc3c2Cl)CC1. The highest BCUT2D eigenvalue weighted by Gasteiger charge is 2.25. The second-order valence-electron chi connectivity index (χ2n) is 6.45. The van der Waals surface area contributed by atoms with Crippen LogP contribution in [-0.4, -0.2) is 73.3 Å². The first-order valence-corrected chi connectivity index (χ1v) is 9.55. The van der Waals surface area contributed by atoms with Crippen molar-refractivity contribution < 1.29 is 9.59 Å². The van der Waals surface area contributed by atoms with E-state index in [0.717, 1.165) is 23.1 Å². The van der Waals surface area contributed by atoms with Crippen molar-refractivity contribution in [3.05, 3.63) is 34.2 Å². The highest BCUT2D eigenvalue weighted by Crippen LogP contribution is 2.36. The number of hydrogen-bond donors (Lipinski definition) is 0. The van der Waals surface area contributed by atoms with Crippen LogP contribution in [0.4, 0.5) is 0 Å². The Kier molecular flexibility index (Phi) is 5.61. The van der Waals surface area contributed by atoms with Gasteiger partial charge in [-0.05, 0) is 12.5 Å². The number of nitrogens with zero attached hydrogens (tertiary/aromatic N) is 3. The lowest BCUT2D eigenvalue weighted by Crippen LogP contribution is -2.39. The Labute approximate surface area is 156 Å². The molecular weight excluding hydrogens is 358 g/mol. The van der Waals surface area contributed by atoms with Crippen molar-refractivity contribution in [3.63, 3.8) is 0 Å². The van der Waals surface area contributed by atoms with Crippen LogP contribution < -0.4 is 0 Å². The minimum Gasteiger partial charge on any atom is -0.348 e. The van der Waals surface area contributed by atoms with Crippen LogP contribution in [0.15, 0.2) is 24.3 Å². The zero-order chi connectivity index (χ0) is 18.0. The monoisotopic (exact) mass is 379 g/mol. The summed E-state index contributed by atoms with van der Waals surface area (Å²) >= 11 is 7.90. The van der Waals surface area contributed by atoms with Gasteiger partial charge in [0.2, 0.25) is 5.91 Å². The fourth-order valence-electron chi connectivity index (χ4n) is 2.96. The Bertz CT molecular complexity index is 790. The molecule has 0 saturated carbocycles. The van der Waals surface area contributed by atoms with Crippen LogP contribution in [0.25, 0.3) is 10.1 Å². The molecule has 1 aromatic carbocycles. The number of hydrogen-bond acceptors (Lipinski definition) is 4. The molecule has 2 aromatic rings. The van der Waals surface area contributed by atoms with Gasteiger partial charge in [0.05, 0.1) is 11.6 Å². The largest absolute Gasteiger partial charge is 0.348 e. The van der Waals surface area contributed by atoms with Crippen molar-refractivity contribution in [1.29, 1.82) is 0 Å². The van der Waals surface area contributed by atoms with Gasteiger partial charge in [0.15, 0.2) is 0 Å². The number of amides is 2. The number of thiophene rings is 1. The second-order valence-corrected chi connectivity index (χ2v) is 7.88. The highest BCUT2D eigenvalue weighted by atomic mass is 35.5. The Hall–Kier alpha value is -1.63. The third-order valence-electron chi connectivity index (χ3n) is 4.46. The lowest BCUT2D eigenvalue weighted by molar-refractivity contribution is -0.129. The molecule has 3 rings (SSSR count). The lowest BCUT2D eigenvalue weighted by atomic mass is 10.2. The molecule has 0 radical (unpaired) electrons. The first-order chi connectivity index (χ1) is 12.0. The molecule has 1 fully saturated rings. The predicted octanol–water partition coefficient (Wildman–Crippen LogP) is 2.79. The standard InChI is InChI=1S/C18H22ClN3O2S/c1-20(2)15(23)12-21-8-5-9-22(11-10-21)18(24)17-16(19)13-6-3-4-7-14(13)25-17/h3-4,6-7H,5,8-12H2,1-2H3. The molecule has 7 heteroatoms. The first kappa shape index (κ1) is 18.2. The van der Waals surface area contributed by atoms with Crippen LogP contribution in [0, 0.1) is 0 Å². The van der Waals surface area contributed by atoms with E-state index in [9.17, 15) is 9.59 Å². The number of carbonyl (C=O) groups excluding carboxylic acids is 2. The van der Waals surface area contributed by atoms with Gasteiger partial charge >= 0.3 is 0 Å². The summed E-state index contributed by atoms with van der Waals surface area (Å²) in [6.07, 6.45) is 0.856. The maximum absolute atomic E-state index is 12.9. The van der Waals surface area contributed by atoms with E-state index in [1.165, 1.54) is 11.3 Å². The fraction of sp³-hybridized carbons (Fsp3) is 0.444. The first-order valence-electron chi connectivity index (χ1n) is 8.36. The summed E-state index contributed by atoms with van der Waals surface area (Å²) in [5.74, 6) is 0.0827. The molecule has 0 atom stereocenters. The number of benzene rings is 1. The maximum Gasteiger partial charge on any atom is 0.265 e. The van der Waals surface area contributed by atoms with Gasteiger partial charge in [-0.15, -0.1) is 11.3 Å². The van der Waals surface area contributed by atoms with E-state index in [-0.39, 0.29) is 11.8 Å². The Morgan fingerprint density at radius 2 is 1.92 bits per heavy atom. The summed E-state index contributed by atoms with van der Waals surface area (Å²) in [6, 6.07) is 7.82. The molecule has 25 heavy (non-hydrogen) atoms. The molecule has 0 unspecified atom stereocenters. The van der Waals surface area contributed by atoms with Crippen molar-refractivity contribution >= 4 is 44.8 Å². The molecule has 5 nitrogen and oxygen atoms in total. The quantitative estimate of drug-likeness (QED) is 0.823. The average molecular weight is 380 g/mol. The highest BCUT2D eigenvalue weighted by molar-refractivity contribution is 7.21. The number of halogens is 1. The average Bonchev–Trinajstić information content (AvgIpc) is 2.78. The number of carbonyl (C=O) groups is 2. The molecule has 0 aliphatic carbocycles. The summed E-state index contributed by atoms with van der Waals surface area (Å²) in [5.41, 5.74) is 0. The van der Waals surface area contributed by atoms with Crippen LogP contribution in [0.3, 0.4) is 0 Å². The Balaban J connectivity index is 1.70. The molecule has 1 aliphatic heterocycles. The summed E-state index contributed by atoms with van der Waals surface area (Å²) < 4.78 is 1.03. The molecule has 0 bridgehead atoms. The van der Waals surface area contributed by atoms with Crippen LogP contribution >= 0.6 is 22.9 Å². The van der Waals surface area contributed by atoms with Gasteiger partial charge in [-0.2, -0.15) is 0 Å². The van der Waals surface area contributed by atoms with Gasteiger partial charge in [0.25, 0.3) is 5.91 Å². The van der Waals surface area contributed by atoms with Crippen LogP contribution in [-0.2, 0) is 4.79 Å². The normalized spacial score (nSPS) is 16.0. The minimum absolute atomic E-state index is 0.00742. The van der Waals surface area contributed by atoms with E-state index in [4.69, 9.17) is 11.6 Å². The maximum atomic E-state index is 12.9. The Morgan fingerprint density at radius 3 is 2.64 bits per heavy atom. The van der Waals surface area contributed by atoms with Crippen molar-refractivity contribution in [2.24, 2.45) is 0 Å². The smallest absolute Gasteiger partial charge is 0.265 e. The third kappa shape index (κ3) is 3.97. The van der Waals surface area contributed by atoms with Crippen molar-refractivity contribution in [1.82, 2.24) is 14.7 Å². The van der Waals surface area contributed by atoms with E-state index in [0.29, 0.717) is 36.1 Å². The molecular formula is C18H22ClN3O2S. The molecule has 0 spiro atoms. The zero-order valence-electron chi connectivity index (χ0n) is 14.5. The predicted molar refractivity (Wildman–Crippen MR) is 102 cm³/mol. The van der Waals surface area contributed by atoms with E-state index in [2.05, 4.69) is 4.90 Å². The van der Waals surface area contributed by atoms with Crippen molar-refractivity contribution in [2.75, 3.05) is 46.8 Å². The topological polar surface area (TPSA) is 43.9 Å². The molecule has 1 aliphatic rings. The molecule has 1 aromatic heterocycles. The molecule has 2 amide bonds. The van der Waals surface area contributed by atoms with E-state index < -0.39 is 0 Å². The van der Waals surface area contributed by atoms with Crippen LogP contribution in [0.1, 0.15) is 16.1 Å². The molecule has 0 N–H and O–H groups in total. The summed E-state index contributed by atoms with van der Waals surface area (Å²) in [5, 5.41) is 1.49. The van der Waals surface area contributed by atoms with Gasteiger partial charge in [0.1, 0.15) is 4.88 Å². The molecule has 1 saturated heterocycles. The van der Waals surface area contributed by atoms with E-state index in [1.54, 1.807) is 19.0 Å². The van der Waals surface area contributed by atoms with Crippen LogP contribution in [0.5, 0.6) is 0 Å². The summed E-state index contributed by atoms with van der Waals surface area (Å²) in [7, 11) is 3.53. The van der Waals surface area contributed by atoms with Gasteiger partial charge < -0.3 is 9.80 Å². The van der Waals surface area contributed by atoms with Gasteiger partial charge in [0, 0.05) is 50.4 Å². The summed E-state index contributed by atoms with van der Waals surface area (Å²) in [6.45, 7) is 3.23. The number of fused-ring (bicyclic) bond motifs is 1. The lowest BCUT2D eigenvalue weighted by Gasteiger charge is -2.22.